The Balaban J connectivity index is 3.06. The maximum Gasteiger partial charge on any atom is 0.408 e. The molecule has 0 saturated carbocycles. The summed E-state index contributed by atoms with van der Waals surface area (Å²) < 4.78 is 10.0. The third kappa shape index (κ3) is 6.92. The summed E-state index contributed by atoms with van der Waals surface area (Å²) in [5, 5.41) is 5.33. The maximum absolute atomic E-state index is 12.1. The van der Waals surface area contributed by atoms with Gasteiger partial charge in [0.15, 0.2) is 0 Å². The Morgan fingerprint density at radius 3 is 2.11 bits per heavy atom. The summed E-state index contributed by atoms with van der Waals surface area (Å²) in [4.78, 5) is 36.3. The smallest absolute Gasteiger partial charge is 0.408 e. The van der Waals surface area contributed by atoms with Crippen LogP contribution >= 0.6 is 0 Å². The summed E-state index contributed by atoms with van der Waals surface area (Å²) in [6.45, 7) is 11.4. The molecular formula is C20H30N2O5. The third-order valence-corrected chi connectivity index (χ3v) is 3.88. The number of carbonyl (C=O) groups is 3. The van der Waals surface area contributed by atoms with Gasteiger partial charge in [0.2, 0.25) is 0 Å². The van der Waals surface area contributed by atoms with E-state index in [1.807, 2.05) is 20.8 Å². The lowest BCUT2D eigenvalue weighted by atomic mass is 9.93. The van der Waals surface area contributed by atoms with E-state index in [1.165, 1.54) is 7.11 Å². The molecule has 2 amide bonds. The molecule has 0 aromatic heterocycles. The molecule has 0 heterocycles. The van der Waals surface area contributed by atoms with Crippen molar-refractivity contribution in [2.75, 3.05) is 13.7 Å². The van der Waals surface area contributed by atoms with E-state index in [2.05, 4.69) is 10.6 Å². The van der Waals surface area contributed by atoms with Gasteiger partial charge in [-0.2, -0.15) is 0 Å². The normalized spacial score (nSPS) is 12.1. The zero-order valence-corrected chi connectivity index (χ0v) is 17.2. The molecule has 0 aliphatic carbocycles. The van der Waals surface area contributed by atoms with Gasteiger partial charge in [-0.25, -0.2) is 9.59 Å². The lowest BCUT2D eigenvalue weighted by molar-refractivity contribution is -0.143. The third-order valence-electron chi connectivity index (χ3n) is 3.88. The van der Waals surface area contributed by atoms with E-state index in [0.29, 0.717) is 12.1 Å². The minimum Gasteiger partial charge on any atom is -0.467 e. The maximum atomic E-state index is 12.1. The van der Waals surface area contributed by atoms with Gasteiger partial charge < -0.3 is 20.1 Å². The summed E-state index contributed by atoms with van der Waals surface area (Å²) in [7, 11) is 1.27. The van der Waals surface area contributed by atoms with Crippen LogP contribution in [-0.4, -0.2) is 43.3 Å². The molecule has 27 heavy (non-hydrogen) atoms. The van der Waals surface area contributed by atoms with E-state index >= 15 is 0 Å². The van der Waals surface area contributed by atoms with Crippen molar-refractivity contribution in [3.05, 3.63) is 34.4 Å². The molecule has 0 radical (unpaired) electrons. The summed E-state index contributed by atoms with van der Waals surface area (Å²) in [6.07, 6.45) is -0.452. The Morgan fingerprint density at radius 2 is 1.67 bits per heavy atom. The van der Waals surface area contributed by atoms with Crippen LogP contribution in [-0.2, 0) is 20.7 Å². The summed E-state index contributed by atoms with van der Waals surface area (Å²) >= 11 is 0. The van der Waals surface area contributed by atoms with E-state index in [0.717, 1.165) is 16.7 Å². The van der Waals surface area contributed by atoms with Gasteiger partial charge in [0.25, 0.3) is 5.91 Å². The monoisotopic (exact) mass is 378 g/mol. The van der Waals surface area contributed by atoms with Crippen LogP contribution in [0.3, 0.4) is 0 Å². The highest BCUT2D eigenvalue weighted by Crippen LogP contribution is 2.19. The van der Waals surface area contributed by atoms with Crippen molar-refractivity contribution in [2.45, 2.75) is 59.6 Å². The summed E-state index contributed by atoms with van der Waals surface area (Å²) in [5.41, 5.74) is 2.47. The molecule has 7 nitrogen and oxygen atoms in total. The van der Waals surface area contributed by atoms with Crippen LogP contribution < -0.4 is 10.6 Å². The van der Waals surface area contributed by atoms with Gasteiger partial charge in [0, 0.05) is 18.5 Å². The van der Waals surface area contributed by atoms with Crippen molar-refractivity contribution in [1.29, 1.82) is 0 Å². The standard InChI is InChI=1S/C20H30N2O5/c1-8-21-17(23)14-9-12(2)15(13(3)10-14)11-16(18(24)26-7)22-19(25)27-20(4,5)6/h9-10,16H,8,11H2,1-7H3,(H,21,23)(H,22,25)/t16-/m0/s1. The number of aryl methyl sites for hydroxylation is 2. The van der Waals surface area contributed by atoms with Crippen LogP contribution in [0.15, 0.2) is 12.1 Å². The van der Waals surface area contributed by atoms with E-state index in [-0.39, 0.29) is 12.3 Å². The molecule has 0 saturated heterocycles. The first-order valence-corrected chi connectivity index (χ1v) is 8.94. The highest BCUT2D eigenvalue weighted by molar-refractivity contribution is 5.94. The van der Waals surface area contributed by atoms with E-state index in [4.69, 9.17) is 9.47 Å². The molecular weight excluding hydrogens is 348 g/mol. The van der Waals surface area contributed by atoms with Crippen LogP contribution in [0.2, 0.25) is 0 Å². The lowest BCUT2D eigenvalue weighted by Gasteiger charge is -2.23. The Morgan fingerprint density at radius 1 is 1.11 bits per heavy atom. The van der Waals surface area contributed by atoms with Gasteiger partial charge in [-0.1, -0.05) is 0 Å². The summed E-state index contributed by atoms with van der Waals surface area (Å²) in [6, 6.07) is 2.65. The Bertz CT molecular complexity index is 684. The Hall–Kier alpha value is -2.57. The van der Waals surface area contributed by atoms with Crippen molar-refractivity contribution in [2.24, 2.45) is 0 Å². The number of alkyl carbamates (subject to hydrolysis) is 1. The molecule has 0 aliphatic rings. The largest absolute Gasteiger partial charge is 0.467 e. The van der Waals surface area contributed by atoms with Gasteiger partial charge in [-0.3, -0.25) is 4.79 Å². The number of rotatable bonds is 6. The van der Waals surface area contributed by atoms with E-state index in [1.54, 1.807) is 32.9 Å². The van der Waals surface area contributed by atoms with Gasteiger partial charge >= 0.3 is 12.1 Å². The Kier molecular flexibility index (Phi) is 7.82. The molecule has 1 atom stereocenters. The van der Waals surface area contributed by atoms with Crippen LogP contribution in [0.25, 0.3) is 0 Å². The van der Waals surface area contributed by atoms with Crippen molar-refractivity contribution in [3.63, 3.8) is 0 Å². The molecule has 0 aliphatic heterocycles. The molecule has 150 valence electrons. The molecule has 1 rings (SSSR count). The number of hydrogen-bond acceptors (Lipinski definition) is 5. The second kappa shape index (κ2) is 9.39. The van der Waals surface area contributed by atoms with Crippen molar-refractivity contribution < 1.29 is 23.9 Å². The Labute approximate surface area is 160 Å². The molecule has 1 aromatic rings. The fraction of sp³-hybridized carbons (Fsp3) is 0.550. The second-order valence-corrected chi connectivity index (χ2v) is 7.37. The zero-order chi connectivity index (χ0) is 20.8. The fourth-order valence-electron chi connectivity index (χ4n) is 2.70. The van der Waals surface area contributed by atoms with Crippen molar-refractivity contribution >= 4 is 18.0 Å². The minimum absolute atomic E-state index is 0.147. The number of ether oxygens (including phenoxy) is 2. The van der Waals surface area contributed by atoms with Crippen LogP contribution in [0.5, 0.6) is 0 Å². The highest BCUT2D eigenvalue weighted by Gasteiger charge is 2.26. The number of amides is 2. The van der Waals surface area contributed by atoms with E-state index < -0.39 is 23.7 Å². The van der Waals surface area contributed by atoms with Gasteiger partial charge in [0.05, 0.1) is 7.11 Å². The molecule has 0 spiro atoms. The molecule has 0 fully saturated rings. The van der Waals surface area contributed by atoms with Crippen LogP contribution in [0, 0.1) is 13.8 Å². The molecule has 0 bridgehead atoms. The molecule has 7 heteroatoms. The number of carbonyl (C=O) groups excluding carboxylic acids is 3. The number of esters is 1. The second-order valence-electron chi connectivity index (χ2n) is 7.37. The summed E-state index contributed by atoms with van der Waals surface area (Å²) in [5.74, 6) is -0.709. The molecule has 2 N–H and O–H groups in total. The van der Waals surface area contributed by atoms with Crippen LogP contribution in [0.1, 0.15) is 54.7 Å². The fourth-order valence-corrected chi connectivity index (χ4v) is 2.70. The first-order valence-electron chi connectivity index (χ1n) is 8.94. The predicted molar refractivity (Wildman–Crippen MR) is 103 cm³/mol. The number of nitrogens with one attached hydrogen (secondary N) is 2. The molecule has 0 unspecified atom stereocenters. The average molecular weight is 378 g/mol. The van der Waals surface area contributed by atoms with Gasteiger partial charge in [0.1, 0.15) is 11.6 Å². The topological polar surface area (TPSA) is 93.7 Å². The lowest BCUT2D eigenvalue weighted by Crippen LogP contribution is -2.45. The SMILES string of the molecule is CCNC(=O)c1cc(C)c(C[C@H](NC(=O)OC(C)(C)C)C(=O)OC)c(C)c1. The number of hydrogen-bond donors (Lipinski definition) is 2. The molecule has 1 aromatic carbocycles. The number of benzene rings is 1. The first kappa shape index (κ1) is 22.5. The first-order chi connectivity index (χ1) is 12.5. The van der Waals surface area contributed by atoms with Crippen molar-refractivity contribution in [1.82, 2.24) is 10.6 Å². The highest BCUT2D eigenvalue weighted by atomic mass is 16.6. The minimum atomic E-state index is -0.891. The van der Waals surface area contributed by atoms with Crippen molar-refractivity contribution in [3.8, 4) is 0 Å². The van der Waals surface area contributed by atoms with Gasteiger partial charge in [-0.05, 0) is 70.4 Å². The predicted octanol–water partition coefficient (Wildman–Crippen LogP) is 2.66. The average Bonchev–Trinajstić information content (AvgIpc) is 2.54. The van der Waals surface area contributed by atoms with Crippen LogP contribution in [0.4, 0.5) is 4.79 Å². The number of methoxy groups -OCH3 is 1. The van der Waals surface area contributed by atoms with E-state index in [9.17, 15) is 14.4 Å². The zero-order valence-electron chi connectivity index (χ0n) is 17.2. The quantitative estimate of drug-likeness (QED) is 0.742. The van der Waals surface area contributed by atoms with Gasteiger partial charge in [-0.15, -0.1) is 0 Å².